The number of halogens is 1. The Hall–Kier alpha value is -1.91. The molecule has 0 spiro atoms. The molecular weight excluding hydrogens is 247 g/mol. The molecule has 4 nitrogen and oxygen atoms in total. The van der Waals surface area contributed by atoms with Gasteiger partial charge in [0.15, 0.2) is 0 Å². The summed E-state index contributed by atoms with van der Waals surface area (Å²) in [5, 5.41) is 2.56. The molecular formula is C14H17FN2O2. The van der Waals surface area contributed by atoms with Gasteiger partial charge in [-0.25, -0.2) is 4.39 Å². The Labute approximate surface area is 111 Å². The Bertz CT molecular complexity index is 504. The van der Waals surface area contributed by atoms with Gasteiger partial charge in [0.1, 0.15) is 11.9 Å². The molecule has 1 aliphatic heterocycles. The molecule has 2 unspecified atom stereocenters. The van der Waals surface area contributed by atoms with E-state index < -0.39 is 12.1 Å². The average molecular weight is 264 g/mol. The van der Waals surface area contributed by atoms with E-state index in [1.54, 1.807) is 25.1 Å². The van der Waals surface area contributed by atoms with Crippen molar-refractivity contribution in [3.63, 3.8) is 0 Å². The summed E-state index contributed by atoms with van der Waals surface area (Å²) < 4.78 is 13.8. The zero-order valence-electron chi connectivity index (χ0n) is 11.0. The zero-order chi connectivity index (χ0) is 14.0. The van der Waals surface area contributed by atoms with E-state index in [1.165, 1.54) is 11.0 Å². The highest BCUT2D eigenvalue weighted by Gasteiger charge is 2.37. The maximum absolute atomic E-state index is 13.8. The van der Waals surface area contributed by atoms with Crippen LogP contribution >= 0.6 is 0 Å². The van der Waals surface area contributed by atoms with Crippen LogP contribution in [0.3, 0.4) is 0 Å². The standard InChI is InChI=1S/C14H17FN2O2/c1-3-12-14(19)16-8-13(18)17(12)9(2)10-6-4-5-7-11(10)15/h4-7,9,12H,3,8H2,1-2H3,(H,16,19). The Kier molecular flexibility index (Phi) is 3.83. The number of carbonyl (C=O) groups is 2. The average Bonchev–Trinajstić information content (AvgIpc) is 2.41. The molecule has 0 radical (unpaired) electrons. The highest BCUT2D eigenvalue weighted by Crippen LogP contribution is 2.27. The van der Waals surface area contributed by atoms with E-state index in [0.717, 1.165) is 0 Å². The van der Waals surface area contributed by atoms with Gasteiger partial charge >= 0.3 is 0 Å². The lowest BCUT2D eigenvalue weighted by Gasteiger charge is -2.39. The van der Waals surface area contributed by atoms with Crippen molar-refractivity contribution in [2.45, 2.75) is 32.4 Å². The summed E-state index contributed by atoms with van der Waals surface area (Å²) in [6, 6.07) is 5.35. The first-order valence-corrected chi connectivity index (χ1v) is 6.39. The Morgan fingerprint density at radius 2 is 2.11 bits per heavy atom. The fraction of sp³-hybridized carbons (Fsp3) is 0.429. The van der Waals surface area contributed by atoms with Crippen molar-refractivity contribution < 1.29 is 14.0 Å². The lowest BCUT2D eigenvalue weighted by atomic mass is 10.0. The van der Waals surface area contributed by atoms with Crippen molar-refractivity contribution in [1.29, 1.82) is 0 Å². The number of hydrogen-bond acceptors (Lipinski definition) is 2. The minimum atomic E-state index is -0.532. The lowest BCUT2D eigenvalue weighted by Crippen LogP contribution is -2.58. The van der Waals surface area contributed by atoms with Crippen LogP contribution in [0, 0.1) is 5.82 Å². The summed E-state index contributed by atoms with van der Waals surface area (Å²) in [4.78, 5) is 25.3. The van der Waals surface area contributed by atoms with Crippen LogP contribution in [-0.4, -0.2) is 29.3 Å². The SMILES string of the molecule is CCC1C(=O)NCC(=O)N1C(C)c1ccccc1F. The third kappa shape index (κ3) is 2.45. The molecule has 2 rings (SSSR count). The molecule has 0 aliphatic carbocycles. The van der Waals surface area contributed by atoms with Gasteiger partial charge in [-0.05, 0) is 19.4 Å². The number of rotatable bonds is 3. The van der Waals surface area contributed by atoms with E-state index in [2.05, 4.69) is 5.32 Å². The fourth-order valence-electron chi connectivity index (χ4n) is 2.50. The molecule has 19 heavy (non-hydrogen) atoms. The van der Waals surface area contributed by atoms with Crippen LogP contribution in [0.1, 0.15) is 31.9 Å². The number of benzene rings is 1. The summed E-state index contributed by atoms with van der Waals surface area (Å²) in [5.41, 5.74) is 0.434. The largest absolute Gasteiger partial charge is 0.345 e. The minimum absolute atomic E-state index is 0.0197. The second-order valence-corrected chi connectivity index (χ2v) is 4.64. The van der Waals surface area contributed by atoms with Gasteiger partial charge in [-0.15, -0.1) is 0 Å². The van der Waals surface area contributed by atoms with Gasteiger partial charge in [-0.2, -0.15) is 0 Å². The highest BCUT2D eigenvalue weighted by molar-refractivity contribution is 5.95. The Morgan fingerprint density at radius 1 is 1.42 bits per heavy atom. The molecule has 1 aromatic carbocycles. The van der Waals surface area contributed by atoms with E-state index >= 15 is 0 Å². The smallest absolute Gasteiger partial charge is 0.243 e. The van der Waals surface area contributed by atoms with E-state index in [4.69, 9.17) is 0 Å². The summed E-state index contributed by atoms with van der Waals surface area (Å²) in [5.74, 6) is -0.712. The van der Waals surface area contributed by atoms with Crippen molar-refractivity contribution in [2.75, 3.05) is 6.54 Å². The van der Waals surface area contributed by atoms with Crippen LogP contribution in [-0.2, 0) is 9.59 Å². The molecule has 1 aliphatic rings. The van der Waals surface area contributed by atoms with Gasteiger partial charge in [0, 0.05) is 5.56 Å². The second-order valence-electron chi connectivity index (χ2n) is 4.64. The maximum atomic E-state index is 13.8. The molecule has 1 fully saturated rings. The normalized spacial score (nSPS) is 21.2. The van der Waals surface area contributed by atoms with Crippen LogP contribution in [0.5, 0.6) is 0 Å². The topological polar surface area (TPSA) is 49.4 Å². The number of nitrogens with one attached hydrogen (secondary N) is 1. The van der Waals surface area contributed by atoms with Crippen molar-refractivity contribution >= 4 is 11.8 Å². The van der Waals surface area contributed by atoms with Gasteiger partial charge in [0.2, 0.25) is 11.8 Å². The number of piperazine rings is 1. The number of carbonyl (C=O) groups excluding carboxylic acids is 2. The molecule has 0 bridgehead atoms. The number of amides is 2. The molecule has 0 aromatic heterocycles. The third-order valence-electron chi connectivity index (χ3n) is 3.50. The fourth-order valence-corrected chi connectivity index (χ4v) is 2.50. The van der Waals surface area contributed by atoms with Crippen LogP contribution in [0.2, 0.25) is 0 Å². The second kappa shape index (κ2) is 5.38. The predicted octanol–water partition coefficient (Wildman–Crippen LogP) is 1.62. The van der Waals surface area contributed by atoms with E-state index in [1.807, 2.05) is 6.92 Å². The minimum Gasteiger partial charge on any atom is -0.345 e. The molecule has 1 heterocycles. The van der Waals surface area contributed by atoms with Crippen molar-refractivity contribution in [1.82, 2.24) is 10.2 Å². The molecule has 2 amide bonds. The monoisotopic (exact) mass is 264 g/mol. The molecule has 102 valence electrons. The summed E-state index contributed by atoms with van der Waals surface area (Å²) in [6.07, 6.45) is 0.510. The molecule has 1 saturated heterocycles. The Balaban J connectivity index is 2.34. The highest BCUT2D eigenvalue weighted by atomic mass is 19.1. The first-order valence-electron chi connectivity index (χ1n) is 6.39. The van der Waals surface area contributed by atoms with Gasteiger partial charge < -0.3 is 10.2 Å². The Morgan fingerprint density at radius 3 is 2.74 bits per heavy atom. The summed E-state index contributed by atoms with van der Waals surface area (Å²) in [6.45, 7) is 3.57. The van der Waals surface area contributed by atoms with Crippen molar-refractivity contribution in [3.05, 3.63) is 35.6 Å². The van der Waals surface area contributed by atoms with E-state index in [9.17, 15) is 14.0 Å². The molecule has 1 aromatic rings. The number of nitrogens with zero attached hydrogens (tertiary/aromatic N) is 1. The third-order valence-corrected chi connectivity index (χ3v) is 3.50. The summed E-state index contributed by atoms with van der Waals surface area (Å²) in [7, 11) is 0. The zero-order valence-corrected chi connectivity index (χ0v) is 11.0. The van der Waals surface area contributed by atoms with Crippen LogP contribution < -0.4 is 5.32 Å². The van der Waals surface area contributed by atoms with E-state index in [-0.39, 0.29) is 24.2 Å². The van der Waals surface area contributed by atoms with Gasteiger partial charge in [-0.3, -0.25) is 9.59 Å². The van der Waals surface area contributed by atoms with Crippen LogP contribution in [0.4, 0.5) is 4.39 Å². The number of hydrogen-bond donors (Lipinski definition) is 1. The first-order chi connectivity index (χ1) is 9.06. The van der Waals surface area contributed by atoms with Crippen LogP contribution in [0.15, 0.2) is 24.3 Å². The molecule has 5 heteroatoms. The molecule has 1 N–H and O–H groups in total. The van der Waals surface area contributed by atoms with Gasteiger partial charge in [0.05, 0.1) is 12.6 Å². The van der Waals surface area contributed by atoms with Crippen LogP contribution in [0.25, 0.3) is 0 Å². The van der Waals surface area contributed by atoms with Gasteiger partial charge in [-0.1, -0.05) is 25.1 Å². The van der Waals surface area contributed by atoms with Crippen molar-refractivity contribution in [3.8, 4) is 0 Å². The summed E-state index contributed by atoms with van der Waals surface area (Å²) >= 11 is 0. The molecule has 2 atom stereocenters. The first kappa shape index (κ1) is 13.5. The lowest BCUT2D eigenvalue weighted by molar-refractivity contribution is -0.148. The molecule has 0 saturated carbocycles. The van der Waals surface area contributed by atoms with Crippen molar-refractivity contribution in [2.24, 2.45) is 0 Å². The predicted molar refractivity (Wildman–Crippen MR) is 68.7 cm³/mol. The quantitative estimate of drug-likeness (QED) is 0.902. The van der Waals surface area contributed by atoms with Gasteiger partial charge in [0.25, 0.3) is 0 Å². The van der Waals surface area contributed by atoms with E-state index in [0.29, 0.717) is 12.0 Å². The maximum Gasteiger partial charge on any atom is 0.243 e.